The summed E-state index contributed by atoms with van der Waals surface area (Å²) in [6, 6.07) is 1.74. The first-order valence-electron chi connectivity index (χ1n) is 5.15. The summed E-state index contributed by atoms with van der Waals surface area (Å²) in [6.07, 6.45) is 1.49. The van der Waals surface area contributed by atoms with Gasteiger partial charge < -0.3 is 9.84 Å². The van der Waals surface area contributed by atoms with Crippen molar-refractivity contribution in [3.8, 4) is 0 Å². The molecule has 0 bridgehead atoms. The minimum absolute atomic E-state index is 0.133. The van der Waals surface area contributed by atoms with E-state index in [0.29, 0.717) is 13.1 Å². The van der Waals surface area contributed by atoms with Crippen LogP contribution in [0.25, 0.3) is 0 Å². The SMILES string of the molecule is CC(C)(C)S(=O)(=O)CCNCc1ccon1. The van der Waals surface area contributed by atoms with Gasteiger partial charge in [0.1, 0.15) is 6.26 Å². The molecule has 0 radical (unpaired) electrons. The van der Waals surface area contributed by atoms with Crippen molar-refractivity contribution >= 4 is 9.84 Å². The molecule has 16 heavy (non-hydrogen) atoms. The van der Waals surface area contributed by atoms with Gasteiger partial charge in [0.15, 0.2) is 9.84 Å². The van der Waals surface area contributed by atoms with Gasteiger partial charge in [0.2, 0.25) is 0 Å². The summed E-state index contributed by atoms with van der Waals surface area (Å²) in [5.41, 5.74) is 0.771. The van der Waals surface area contributed by atoms with Gasteiger partial charge in [-0.2, -0.15) is 0 Å². The highest BCUT2D eigenvalue weighted by atomic mass is 32.2. The first-order chi connectivity index (χ1) is 7.33. The van der Waals surface area contributed by atoms with Gasteiger partial charge in [-0.3, -0.25) is 0 Å². The Balaban J connectivity index is 2.31. The molecule has 6 heteroatoms. The number of hydrogen-bond donors (Lipinski definition) is 1. The van der Waals surface area contributed by atoms with E-state index in [1.165, 1.54) is 6.26 Å². The first kappa shape index (κ1) is 13.2. The average Bonchev–Trinajstić information content (AvgIpc) is 2.63. The Kier molecular flexibility index (Phi) is 4.09. The van der Waals surface area contributed by atoms with Gasteiger partial charge in [-0.15, -0.1) is 0 Å². The van der Waals surface area contributed by atoms with E-state index in [0.717, 1.165) is 5.69 Å². The van der Waals surface area contributed by atoms with Crippen molar-refractivity contribution in [3.63, 3.8) is 0 Å². The maximum atomic E-state index is 11.7. The molecular formula is C10H18N2O3S. The fourth-order valence-corrected chi connectivity index (χ4v) is 2.08. The fourth-order valence-electron chi connectivity index (χ4n) is 1.06. The number of sulfone groups is 1. The van der Waals surface area contributed by atoms with Gasteiger partial charge in [0.05, 0.1) is 16.2 Å². The minimum atomic E-state index is -3.05. The average molecular weight is 246 g/mol. The van der Waals surface area contributed by atoms with Gasteiger partial charge >= 0.3 is 0 Å². The largest absolute Gasteiger partial charge is 0.364 e. The van der Waals surface area contributed by atoms with Crippen LogP contribution in [0.3, 0.4) is 0 Å². The second-order valence-corrected chi connectivity index (χ2v) is 7.46. The zero-order valence-electron chi connectivity index (χ0n) is 9.86. The molecule has 0 aromatic carbocycles. The van der Waals surface area contributed by atoms with Gasteiger partial charge in [0, 0.05) is 19.2 Å². The van der Waals surface area contributed by atoms with Crippen molar-refractivity contribution in [3.05, 3.63) is 18.0 Å². The van der Waals surface area contributed by atoms with Gasteiger partial charge in [-0.25, -0.2) is 8.42 Å². The van der Waals surface area contributed by atoms with Crippen LogP contribution in [0, 0.1) is 0 Å². The number of nitrogens with one attached hydrogen (secondary N) is 1. The van der Waals surface area contributed by atoms with Gasteiger partial charge in [0.25, 0.3) is 0 Å². The van der Waals surface area contributed by atoms with Crippen LogP contribution in [0.4, 0.5) is 0 Å². The smallest absolute Gasteiger partial charge is 0.156 e. The van der Waals surface area contributed by atoms with Crippen molar-refractivity contribution in [2.75, 3.05) is 12.3 Å². The molecule has 1 heterocycles. The number of rotatable bonds is 5. The van der Waals surface area contributed by atoms with Crippen LogP contribution >= 0.6 is 0 Å². The standard InChI is InChI=1S/C10H18N2O3S/c1-10(2,3)16(13,14)7-5-11-8-9-4-6-15-12-9/h4,6,11H,5,7-8H2,1-3H3. The second kappa shape index (κ2) is 4.97. The van der Waals surface area contributed by atoms with Crippen molar-refractivity contribution in [1.29, 1.82) is 0 Å². The molecule has 0 saturated carbocycles. The predicted octanol–water partition coefficient (Wildman–Crippen LogP) is 0.977. The highest BCUT2D eigenvalue weighted by molar-refractivity contribution is 7.92. The Morgan fingerprint density at radius 3 is 2.62 bits per heavy atom. The normalized spacial score (nSPS) is 12.9. The molecule has 1 aromatic rings. The zero-order valence-corrected chi connectivity index (χ0v) is 10.7. The quantitative estimate of drug-likeness (QED) is 0.784. The highest BCUT2D eigenvalue weighted by Gasteiger charge is 2.27. The fraction of sp³-hybridized carbons (Fsp3) is 0.700. The Bertz CT molecular complexity index is 404. The van der Waals surface area contributed by atoms with Crippen molar-refractivity contribution < 1.29 is 12.9 Å². The second-order valence-electron chi connectivity index (χ2n) is 4.60. The Morgan fingerprint density at radius 1 is 1.44 bits per heavy atom. The lowest BCUT2D eigenvalue weighted by Crippen LogP contribution is -2.34. The molecule has 5 nitrogen and oxygen atoms in total. The molecule has 0 amide bonds. The Morgan fingerprint density at radius 2 is 2.12 bits per heavy atom. The Labute approximate surface area is 96.1 Å². The van der Waals surface area contributed by atoms with E-state index in [2.05, 4.69) is 15.0 Å². The molecule has 0 spiro atoms. The van der Waals surface area contributed by atoms with Crippen LogP contribution in [-0.4, -0.2) is 30.6 Å². The lowest BCUT2D eigenvalue weighted by atomic mass is 10.3. The third kappa shape index (κ3) is 3.61. The number of nitrogens with zero attached hydrogens (tertiary/aromatic N) is 1. The molecule has 92 valence electrons. The molecule has 0 aliphatic carbocycles. The molecule has 1 N–H and O–H groups in total. The minimum Gasteiger partial charge on any atom is -0.364 e. The van der Waals surface area contributed by atoms with Crippen LogP contribution in [0.1, 0.15) is 26.5 Å². The summed E-state index contributed by atoms with van der Waals surface area (Å²) in [4.78, 5) is 0. The van der Waals surface area contributed by atoms with Crippen LogP contribution in [0.15, 0.2) is 16.9 Å². The van der Waals surface area contributed by atoms with Gasteiger partial charge in [-0.05, 0) is 20.8 Å². The molecule has 1 rings (SSSR count). The maximum Gasteiger partial charge on any atom is 0.156 e. The molecular weight excluding hydrogens is 228 g/mol. The van der Waals surface area contributed by atoms with Crippen LogP contribution in [-0.2, 0) is 16.4 Å². The summed E-state index contributed by atoms with van der Waals surface area (Å²) in [7, 11) is -3.05. The molecule has 0 fully saturated rings. The van der Waals surface area contributed by atoms with E-state index < -0.39 is 14.6 Å². The molecule has 0 saturated heterocycles. The lowest BCUT2D eigenvalue weighted by molar-refractivity contribution is 0.409. The number of hydrogen-bond acceptors (Lipinski definition) is 5. The topological polar surface area (TPSA) is 72.2 Å². The van der Waals surface area contributed by atoms with E-state index in [4.69, 9.17) is 0 Å². The zero-order chi connectivity index (χ0) is 12.2. The van der Waals surface area contributed by atoms with Crippen LogP contribution in [0.5, 0.6) is 0 Å². The summed E-state index contributed by atoms with van der Waals surface area (Å²) < 4.78 is 27.4. The summed E-state index contributed by atoms with van der Waals surface area (Å²) in [5.74, 6) is 0.133. The number of aromatic nitrogens is 1. The van der Waals surface area contributed by atoms with Crippen molar-refractivity contribution in [2.24, 2.45) is 0 Å². The van der Waals surface area contributed by atoms with E-state index in [1.54, 1.807) is 26.8 Å². The third-order valence-corrected chi connectivity index (χ3v) is 4.89. The van der Waals surface area contributed by atoms with Crippen LogP contribution < -0.4 is 5.32 Å². The summed E-state index contributed by atoms with van der Waals surface area (Å²) >= 11 is 0. The summed E-state index contributed by atoms with van der Waals surface area (Å²) in [6.45, 7) is 6.07. The molecule has 0 aliphatic heterocycles. The molecule has 0 unspecified atom stereocenters. The van der Waals surface area contributed by atoms with Crippen LogP contribution in [0.2, 0.25) is 0 Å². The molecule has 0 atom stereocenters. The van der Waals surface area contributed by atoms with Crippen molar-refractivity contribution in [1.82, 2.24) is 10.5 Å². The first-order valence-corrected chi connectivity index (χ1v) is 6.80. The van der Waals surface area contributed by atoms with Gasteiger partial charge in [-0.1, -0.05) is 5.16 Å². The highest BCUT2D eigenvalue weighted by Crippen LogP contribution is 2.15. The maximum absolute atomic E-state index is 11.7. The van der Waals surface area contributed by atoms with E-state index in [1.807, 2.05) is 0 Å². The lowest BCUT2D eigenvalue weighted by Gasteiger charge is -2.18. The van der Waals surface area contributed by atoms with E-state index in [-0.39, 0.29) is 5.75 Å². The van der Waals surface area contributed by atoms with E-state index >= 15 is 0 Å². The Hall–Kier alpha value is -0.880. The summed E-state index contributed by atoms with van der Waals surface area (Å²) in [5, 5.41) is 6.73. The third-order valence-electron chi connectivity index (χ3n) is 2.28. The monoisotopic (exact) mass is 246 g/mol. The molecule has 1 aromatic heterocycles. The molecule has 0 aliphatic rings. The predicted molar refractivity (Wildman–Crippen MR) is 61.7 cm³/mol. The van der Waals surface area contributed by atoms with E-state index in [9.17, 15) is 8.42 Å². The van der Waals surface area contributed by atoms with Crippen molar-refractivity contribution in [2.45, 2.75) is 32.1 Å².